The average molecular weight is 263 g/mol. The molecule has 1 aromatic heterocycles. The fourth-order valence-electron chi connectivity index (χ4n) is 2.79. The maximum atomic E-state index is 11.9. The zero-order chi connectivity index (χ0) is 13.7. The SMILES string of the molecule is CN1Cc2cc(-c3ccc4occc4c3)ccc2C1=O. The fourth-order valence-corrected chi connectivity index (χ4v) is 2.79. The molecule has 0 radical (unpaired) electrons. The Morgan fingerprint density at radius 3 is 2.75 bits per heavy atom. The Labute approximate surface area is 116 Å². The van der Waals surface area contributed by atoms with Crippen LogP contribution in [0.3, 0.4) is 0 Å². The third-order valence-corrected chi connectivity index (χ3v) is 3.88. The lowest BCUT2D eigenvalue weighted by molar-refractivity contribution is 0.0816. The molecule has 98 valence electrons. The highest BCUT2D eigenvalue weighted by Crippen LogP contribution is 2.29. The molecule has 0 aliphatic carbocycles. The lowest BCUT2D eigenvalue weighted by Gasteiger charge is -2.05. The molecule has 3 aromatic rings. The van der Waals surface area contributed by atoms with E-state index in [1.165, 1.54) is 0 Å². The van der Waals surface area contributed by atoms with Crippen molar-refractivity contribution < 1.29 is 9.21 Å². The number of amides is 1. The summed E-state index contributed by atoms with van der Waals surface area (Å²) in [4.78, 5) is 13.6. The number of fused-ring (bicyclic) bond motifs is 2. The number of rotatable bonds is 1. The molecule has 3 nitrogen and oxygen atoms in total. The Hall–Kier alpha value is -2.55. The minimum absolute atomic E-state index is 0.108. The molecule has 1 amide bonds. The normalized spacial score (nSPS) is 14.1. The lowest BCUT2D eigenvalue weighted by Crippen LogP contribution is -2.17. The van der Waals surface area contributed by atoms with E-state index in [0.29, 0.717) is 6.54 Å². The van der Waals surface area contributed by atoms with Gasteiger partial charge in [0, 0.05) is 24.5 Å². The molecule has 1 aliphatic rings. The van der Waals surface area contributed by atoms with Crippen LogP contribution in [0.2, 0.25) is 0 Å². The van der Waals surface area contributed by atoms with Crippen LogP contribution in [-0.4, -0.2) is 17.9 Å². The topological polar surface area (TPSA) is 33.5 Å². The van der Waals surface area contributed by atoms with Crippen LogP contribution in [0.15, 0.2) is 53.1 Å². The molecule has 0 spiro atoms. The number of carbonyl (C=O) groups is 1. The highest BCUT2D eigenvalue weighted by molar-refractivity contribution is 5.99. The van der Waals surface area contributed by atoms with Crippen LogP contribution in [0.1, 0.15) is 15.9 Å². The molecule has 0 fully saturated rings. The van der Waals surface area contributed by atoms with Crippen LogP contribution in [0, 0.1) is 0 Å². The highest BCUT2D eigenvalue weighted by atomic mass is 16.3. The molecule has 20 heavy (non-hydrogen) atoms. The van der Waals surface area contributed by atoms with Crippen LogP contribution in [0.25, 0.3) is 22.1 Å². The van der Waals surface area contributed by atoms with Gasteiger partial charge >= 0.3 is 0 Å². The zero-order valence-corrected chi connectivity index (χ0v) is 11.1. The summed E-state index contributed by atoms with van der Waals surface area (Å²) in [6.45, 7) is 0.690. The quantitative estimate of drug-likeness (QED) is 0.671. The zero-order valence-electron chi connectivity index (χ0n) is 11.1. The first-order valence-electron chi connectivity index (χ1n) is 6.58. The smallest absolute Gasteiger partial charge is 0.254 e. The van der Waals surface area contributed by atoms with Crippen LogP contribution >= 0.6 is 0 Å². The van der Waals surface area contributed by atoms with Crippen molar-refractivity contribution in [2.75, 3.05) is 7.05 Å². The summed E-state index contributed by atoms with van der Waals surface area (Å²) < 4.78 is 5.36. The molecular weight excluding hydrogens is 250 g/mol. The molecule has 0 saturated carbocycles. The largest absolute Gasteiger partial charge is 0.464 e. The number of hydrogen-bond acceptors (Lipinski definition) is 2. The number of benzene rings is 2. The molecule has 2 heterocycles. The van der Waals surface area contributed by atoms with E-state index >= 15 is 0 Å². The van der Waals surface area contributed by atoms with Crippen molar-refractivity contribution in [1.29, 1.82) is 0 Å². The van der Waals surface area contributed by atoms with Gasteiger partial charge in [-0.3, -0.25) is 4.79 Å². The second kappa shape index (κ2) is 3.97. The van der Waals surface area contributed by atoms with E-state index in [9.17, 15) is 4.79 Å². The van der Waals surface area contributed by atoms with Crippen LogP contribution in [0.5, 0.6) is 0 Å². The van der Waals surface area contributed by atoms with Crippen molar-refractivity contribution in [2.45, 2.75) is 6.54 Å². The molecule has 3 heteroatoms. The third-order valence-electron chi connectivity index (χ3n) is 3.88. The standard InChI is InChI=1S/C17H13NO2/c1-18-10-14-9-11(2-4-15(14)17(18)19)12-3-5-16-13(8-12)6-7-20-16/h2-9H,10H2,1H3. The van der Waals surface area contributed by atoms with E-state index in [1.54, 1.807) is 11.2 Å². The van der Waals surface area contributed by atoms with Gasteiger partial charge < -0.3 is 9.32 Å². The minimum Gasteiger partial charge on any atom is -0.464 e. The van der Waals surface area contributed by atoms with Crippen molar-refractivity contribution in [1.82, 2.24) is 4.90 Å². The number of furan rings is 1. The third kappa shape index (κ3) is 1.56. The van der Waals surface area contributed by atoms with Gasteiger partial charge in [-0.2, -0.15) is 0 Å². The van der Waals surface area contributed by atoms with Gasteiger partial charge in [0.25, 0.3) is 5.91 Å². The molecule has 0 N–H and O–H groups in total. The molecule has 2 aromatic carbocycles. The average Bonchev–Trinajstić information content (AvgIpc) is 3.03. The summed E-state index contributed by atoms with van der Waals surface area (Å²) in [5.41, 5.74) is 5.09. The Bertz CT molecular complexity index is 832. The maximum absolute atomic E-state index is 11.9. The van der Waals surface area contributed by atoms with Gasteiger partial charge in [-0.1, -0.05) is 12.1 Å². The van der Waals surface area contributed by atoms with Crippen LogP contribution in [-0.2, 0) is 6.54 Å². The van der Waals surface area contributed by atoms with Gasteiger partial charge in [0.1, 0.15) is 5.58 Å². The summed E-state index contributed by atoms with van der Waals surface area (Å²) >= 11 is 0. The van der Waals surface area contributed by atoms with E-state index in [1.807, 2.05) is 37.4 Å². The molecule has 0 unspecified atom stereocenters. The molecule has 0 bridgehead atoms. The molecule has 1 aliphatic heterocycles. The first kappa shape index (κ1) is 11.3. The predicted molar refractivity (Wildman–Crippen MR) is 77.4 cm³/mol. The first-order valence-corrected chi connectivity index (χ1v) is 6.58. The summed E-state index contributed by atoms with van der Waals surface area (Å²) in [6, 6.07) is 14.2. The maximum Gasteiger partial charge on any atom is 0.254 e. The monoisotopic (exact) mass is 263 g/mol. The second-order valence-corrected chi connectivity index (χ2v) is 5.21. The van der Waals surface area contributed by atoms with Crippen molar-refractivity contribution in [3.8, 4) is 11.1 Å². The van der Waals surface area contributed by atoms with Gasteiger partial charge in [-0.25, -0.2) is 0 Å². The van der Waals surface area contributed by atoms with E-state index in [2.05, 4.69) is 12.1 Å². The summed E-state index contributed by atoms with van der Waals surface area (Å²) in [5.74, 6) is 0.108. The summed E-state index contributed by atoms with van der Waals surface area (Å²) in [6.07, 6.45) is 1.70. The second-order valence-electron chi connectivity index (χ2n) is 5.21. The van der Waals surface area contributed by atoms with Crippen molar-refractivity contribution in [3.63, 3.8) is 0 Å². The number of carbonyl (C=O) groups excluding carboxylic acids is 1. The Morgan fingerprint density at radius 2 is 1.85 bits per heavy atom. The Morgan fingerprint density at radius 1 is 1.05 bits per heavy atom. The van der Waals surface area contributed by atoms with E-state index in [4.69, 9.17) is 4.42 Å². The fraction of sp³-hybridized carbons (Fsp3) is 0.118. The summed E-state index contributed by atoms with van der Waals surface area (Å²) in [7, 11) is 1.83. The van der Waals surface area contributed by atoms with Crippen molar-refractivity contribution in [2.24, 2.45) is 0 Å². The van der Waals surface area contributed by atoms with Crippen LogP contribution < -0.4 is 0 Å². The molecule has 4 rings (SSSR count). The Kier molecular flexibility index (Phi) is 2.24. The van der Waals surface area contributed by atoms with Gasteiger partial charge in [0.2, 0.25) is 0 Å². The van der Waals surface area contributed by atoms with Crippen molar-refractivity contribution >= 4 is 16.9 Å². The van der Waals surface area contributed by atoms with E-state index < -0.39 is 0 Å². The van der Waals surface area contributed by atoms with Crippen LogP contribution in [0.4, 0.5) is 0 Å². The highest BCUT2D eigenvalue weighted by Gasteiger charge is 2.24. The van der Waals surface area contributed by atoms with Gasteiger partial charge in [0.15, 0.2) is 0 Å². The Balaban J connectivity index is 1.83. The molecule has 0 saturated heterocycles. The first-order chi connectivity index (χ1) is 9.72. The minimum atomic E-state index is 0.108. The van der Waals surface area contributed by atoms with Gasteiger partial charge in [-0.15, -0.1) is 0 Å². The summed E-state index contributed by atoms with van der Waals surface area (Å²) in [5, 5.41) is 1.09. The number of hydrogen-bond donors (Lipinski definition) is 0. The van der Waals surface area contributed by atoms with E-state index in [-0.39, 0.29) is 5.91 Å². The molecular formula is C17H13NO2. The lowest BCUT2D eigenvalue weighted by atomic mass is 9.99. The number of nitrogens with zero attached hydrogens (tertiary/aromatic N) is 1. The van der Waals surface area contributed by atoms with Gasteiger partial charge in [-0.05, 0) is 47.0 Å². The molecule has 0 atom stereocenters. The van der Waals surface area contributed by atoms with E-state index in [0.717, 1.165) is 33.2 Å². The van der Waals surface area contributed by atoms with Crippen molar-refractivity contribution in [3.05, 3.63) is 59.9 Å². The predicted octanol–water partition coefficient (Wildman–Crippen LogP) is 3.69. The van der Waals surface area contributed by atoms with Gasteiger partial charge in [0.05, 0.1) is 6.26 Å².